The number of urea groups is 1. The highest BCUT2D eigenvalue weighted by atomic mass is 16.5. The van der Waals surface area contributed by atoms with Crippen molar-refractivity contribution in [3.63, 3.8) is 0 Å². The number of phenolic OH excluding ortho intramolecular Hbond substituents is 1. The molecule has 0 heterocycles. The van der Waals surface area contributed by atoms with E-state index in [4.69, 9.17) is 4.74 Å². The number of imide groups is 1. The summed E-state index contributed by atoms with van der Waals surface area (Å²) >= 11 is 0. The van der Waals surface area contributed by atoms with Crippen LogP contribution in [0.3, 0.4) is 0 Å². The van der Waals surface area contributed by atoms with Gasteiger partial charge in [0.2, 0.25) is 0 Å². The molecular formula is C18H24N2O5. The fraction of sp³-hybridized carbons (Fsp3) is 0.500. The number of hydrogen-bond donors (Lipinski definition) is 3. The van der Waals surface area contributed by atoms with Gasteiger partial charge in [-0.15, -0.1) is 0 Å². The van der Waals surface area contributed by atoms with E-state index in [1.54, 1.807) is 13.0 Å². The molecule has 7 nitrogen and oxygen atoms in total. The fourth-order valence-corrected chi connectivity index (χ4v) is 2.70. The van der Waals surface area contributed by atoms with Gasteiger partial charge in [-0.2, -0.15) is 0 Å². The Bertz CT molecular complexity index is 653. The van der Waals surface area contributed by atoms with Crippen LogP contribution in [0.1, 0.15) is 54.9 Å². The van der Waals surface area contributed by atoms with Crippen LogP contribution in [-0.2, 0) is 9.53 Å². The maximum Gasteiger partial charge on any atom is 0.339 e. The summed E-state index contributed by atoms with van der Waals surface area (Å²) in [6, 6.07) is 3.85. The second-order valence-electron chi connectivity index (χ2n) is 6.35. The van der Waals surface area contributed by atoms with Gasteiger partial charge in [0.05, 0.1) is 5.56 Å². The number of rotatable bonds is 4. The van der Waals surface area contributed by atoms with Crippen molar-refractivity contribution in [2.45, 2.75) is 58.1 Å². The predicted molar refractivity (Wildman–Crippen MR) is 91.3 cm³/mol. The Hall–Kier alpha value is -2.57. The molecule has 0 unspecified atom stereocenters. The summed E-state index contributed by atoms with van der Waals surface area (Å²) in [5, 5.41) is 14.6. The number of carbonyl (C=O) groups is 3. The van der Waals surface area contributed by atoms with Crippen LogP contribution in [0.25, 0.3) is 0 Å². The molecule has 1 aliphatic carbocycles. The van der Waals surface area contributed by atoms with Crippen molar-refractivity contribution in [1.82, 2.24) is 10.6 Å². The Kier molecular flexibility index (Phi) is 6.38. The summed E-state index contributed by atoms with van der Waals surface area (Å²) in [6.07, 6.45) is 3.98. The molecule has 0 aliphatic heterocycles. The zero-order valence-corrected chi connectivity index (χ0v) is 14.5. The van der Waals surface area contributed by atoms with Gasteiger partial charge >= 0.3 is 12.0 Å². The smallest absolute Gasteiger partial charge is 0.339 e. The highest BCUT2D eigenvalue weighted by Crippen LogP contribution is 2.19. The molecule has 0 radical (unpaired) electrons. The number of phenols is 1. The van der Waals surface area contributed by atoms with Gasteiger partial charge in [0.15, 0.2) is 6.10 Å². The van der Waals surface area contributed by atoms with Gasteiger partial charge in [0.1, 0.15) is 5.75 Å². The standard InChI is InChI=1S/C18H24N2O5/c1-11-8-9-13(10-15(11)21)17(23)25-12(2)16(22)20-18(24)19-14-6-4-3-5-7-14/h8-10,12,14,21H,3-7H2,1-2H3,(H2,19,20,22,24)/t12-/m0/s1. The topological polar surface area (TPSA) is 105 Å². The minimum atomic E-state index is -1.13. The van der Waals surface area contributed by atoms with E-state index in [1.807, 2.05) is 0 Å². The predicted octanol–water partition coefficient (Wildman–Crippen LogP) is 2.40. The monoisotopic (exact) mass is 348 g/mol. The molecule has 3 N–H and O–H groups in total. The lowest BCUT2D eigenvalue weighted by molar-refractivity contribution is -0.127. The Morgan fingerprint density at radius 3 is 2.52 bits per heavy atom. The molecule has 1 fully saturated rings. The Morgan fingerprint density at radius 1 is 1.20 bits per heavy atom. The summed E-state index contributed by atoms with van der Waals surface area (Å²) in [5.41, 5.74) is 0.760. The number of benzene rings is 1. The molecule has 7 heteroatoms. The number of aryl methyl sites for hydroxylation is 1. The molecule has 3 amide bonds. The molecule has 1 aromatic carbocycles. The maximum atomic E-state index is 12.0. The molecule has 1 saturated carbocycles. The van der Waals surface area contributed by atoms with E-state index in [1.165, 1.54) is 25.5 Å². The zero-order valence-electron chi connectivity index (χ0n) is 14.5. The highest BCUT2D eigenvalue weighted by Gasteiger charge is 2.23. The van der Waals surface area contributed by atoms with Crippen molar-refractivity contribution in [3.8, 4) is 5.75 Å². The normalized spacial score (nSPS) is 15.9. The molecule has 0 saturated heterocycles. The minimum absolute atomic E-state index is 0.0292. The fourth-order valence-electron chi connectivity index (χ4n) is 2.70. The minimum Gasteiger partial charge on any atom is -0.508 e. The highest BCUT2D eigenvalue weighted by molar-refractivity contribution is 5.98. The third kappa shape index (κ3) is 5.48. The molecule has 1 aliphatic rings. The first-order valence-electron chi connectivity index (χ1n) is 8.49. The van der Waals surface area contributed by atoms with E-state index in [9.17, 15) is 19.5 Å². The average molecular weight is 348 g/mol. The van der Waals surface area contributed by atoms with Crippen molar-refractivity contribution < 1.29 is 24.2 Å². The summed E-state index contributed by atoms with van der Waals surface area (Å²) in [4.78, 5) is 35.8. The van der Waals surface area contributed by atoms with Crippen LogP contribution in [0, 0.1) is 6.92 Å². The number of hydrogen-bond acceptors (Lipinski definition) is 5. The van der Waals surface area contributed by atoms with E-state index >= 15 is 0 Å². The van der Waals surface area contributed by atoms with Gasteiger partial charge in [-0.3, -0.25) is 10.1 Å². The molecule has 1 atom stereocenters. The van der Waals surface area contributed by atoms with Crippen LogP contribution in [-0.4, -0.2) is 35.2 Å². The molecule has 25 heavy (non-hydrogen) atoms. The third-order valence-electron chi connectivity index (χ3n) is 4.28. The summed E-state index contributed by atoms with van der Waals surface area (Å²) in [6.45, 7) is 3.08. The number of nitrogens with one attached hydrogen (secondary N) is 2. The van der Waals surface area contributed by atoms with Crippen LogP contribution >= 0.6 is 0 Å². The van der Waals surface area contributed by atoms with Crippen LogP contribution in [0.15, 0.2) is 18.2 Å². The largest absolute Gasteiger partial charge is 0.508 e. The second-order valence-corrected chi connectivity index (χ2v) is 6.35. The molecule has 136 valence electrons. The van der Waals surface area contributed by atoms with E-state index in [0.717, 1.165) is 25.7 Å². The van der Waals surface area contributed by atoms with Gasteiger partial charge in [-0.05, 0) is 44.4 Å². The van der Waals surface area contributed by atoms with Crippen LogP contribution in [0.5, 0.6) is 5.75 Å². The lowest BCUT2D eigenvalue weighted by atomic mass is 9.96. The summed E-state index contributed by atoms with van der Waals surface area (Å²) < 4.78 is 5.04. The van der Waals surface area contributed by atoms with Crippen molar-refractivity contribution in [1.29, 1.82) is 0 Å². The Balaban J connectivity index is 1.83. The first-order valence-corrected chi connectivity index (χ1v) is 8.49. The molecule has 0 bridgehead atoms. The van der Waals surface area contributed by atoms with Gasteiger partial charge in [0.25, 0.3) is 5.91 Å². The van der Waals surface area contributed by atoms with Gasteiger partial charge < -0.3 is 15.2 Å². The maximum absolute atomic E-state index is 12.0. The van der Waals surface area contributed by atoms with E-state index in [0.29, 0.717) is 5.56 Å². The molecule has 0 aromatic heterocycles. The van der Waals surface area contributed by atoms with Crippen LogP contribution in [0.4, 0.5) is 4.79 Å². The molecule has 1 aromatic rings. The van der Waals surface area contributed by atoms with Crippen molar-refractivity contribution in [2.24, 2.45) is 0 Å². The number of amides is 3. The summed E-state index contributed by atoms with van der Waals surface area (Å²) in [7, 11) is 0. The van der Waals surface area contributed by atoms with Crippen LogP contribution in [0.2, 0.25) is 0 Å². The van der Waals surface area contributed by atoms with E-state index in [-0.39, 0.29) is 17.4 Å². The first kappa shape index (κ1) is 18.8. The summed E-state index contributed by atoms with van der Waals surface area (Å²) in [5.74, 6) is -1.47. The molecule has 0 spiro atoms. The average Bonchev–Trinajstić information content (AvgIpc) is 2.57. The van der Waals surface area contributed by atoms with Gasteiger partial charge in [0, 0.05) is 6.04 Å². The zero-order chi connectivity index (χ0) is 18.4. The van der Waals surface area contributed by atoms with Gasteiger partial charge in [-0.25, -0.2) is 9.59 Å². The quantitative estimate of drug-likeness (QED) is 0.725. The third-order valence-corrected chi connectivity index (χ3v) is 4.28. The number of carbonyl (C=O) groups excluding carboxylic acids is 3. The van der Waals surface area contributed by atoms with Gasteiger partial charge in [-0.1, -0.05) is 25.3 Å². The number of aromatic hydroxyl groups is 1. The van der Waals surface area contributed by atoms with E-state index < -0.39 is 24.0 Å². The Morgan fingerprint density at radius 2 is 1.88 bits per heavy atom. The second kappa shape index (κ2) is 8.50. The van der Waals surface area contributed by atoms with Crippen molar-refractivity contribution >= 4 is 17.9 Å². The molecular weight excluding hydrogens is 324 g/mol. The van der Waals surface area contributed by atoms with Crippen molar-refractivity contribution in [3.05, 3.63) is 29.3 Å². The number of ether oxygens (including phenoxy) is 1. The SMILES string of the molecule is Cc1ccc(C(=O)O[C@@H](C)C(=O)NC(=O)NC2CCCCC2)cc1O. The number of esters is 1. The Labute approximate surface area is 146 Å². The molecule has 2 rings (SSSR count). The lowest BCUT2D eigenvalue weighted by Gasteiger charge is -2.23. The van der Waals surface area contributed by atoms with E-state index in [2.05, 4.69) is 10.6 Å². The first-order chi connectivity index (χ1) is 11.9. The van der Waals surface area contributed by atoms with Crippen molar-refractivity contribution in [2.75, 3.05) is 0 Å². The van der Waals surface area contributed by atoms with Crippen LogP contribution < -0.4 is 10.6 Å². The lowest BCUT2D eigenvalue weighted by Crippen LogP contribution is -2.48.